The Morgan fingerprint density at radius 2 is 1.71 bits per heavy atom. The monoisotopic (exact) mass is 336 g/mol. The van der Waals surface area contributed by atoms with Crippen molar-refractivity contribution in [3.8, 4) is 0 Å². The van der Waals surface area contributed by atoms with Gasteiger partial charge in [-0.25, -0.2) is 9.59 Å². The van der Waals surface area contributed by atoms with Crippen LogP contribution in [0.5, 0.6) is 0 Å². The van der Waals surface area contributed by atoms with E-state index in [1.807, 2.05) is 11.4 Å². The van der Waals surface area contributed by atoms with Crippen LogP contribution in [0.2, 0.25) is 0 Å². The van der Waals surface area contributed by atoms with E-state index in [0.717, 1.165) is 10.9 Å². The summed E-state index contributed by atoms with van der Waals surface area (Å²) in [6.07, 6.45) is -3.09. The van der Waals surface area contributed by atoms with E-state index in [4.69, 9.17) is 10.2 Å². The summed E-state index contributed by atoms with van der Waals surface area (Å²) in [5, 5.41) is 39.2. The maximum Gasteiger partial charge on any atom is 0.335 e. The molecule has 0 aliphatic rings. The van der Waals surface area contributed by atoms with Crippen LogP contribution < -0.4 is 5.32 Å². The van der Waals surface area contributed by atoms with Crippen LogP contribution in [-0.4, -0.2) is 61.5 Å². The molecule has 128 valence electrons. The molecule has 1 aromatic heterocycles. The number of rotatable bonds is 7. The number of aliphatic carboxylic acids is 2. The molecule has 0 saturated carbocycles. The van der Waals surface area contributed by atoms with Crippen LogP contribution in [0.3, 0.4) is 0 Å². The predicted octanol–water partition coefficient (Wildman–Crippen LogP) is -0.914. The Balaban J connectivity index is 2.14. The molecule has 9 heteroatoms. The van der Waals surface area contributed by atoms with Gasteiger partial charge in [0.2, 0.25) is 0 Å². The van der Waals surface area contributed by atoms with Crippen LogP contribution in [0.4, 0.5) is 0 Å². The molecule has 0 bridgehead atoms. The van der Waals surface area contributed by atoms with Crippen molar-refractivity contribution in [2.75, 3.05) is 0 Å². The van der Waals surface area contributed by atoms with Crippen molar-refractivity contribution in [1.29, 1.82) is 0 Å². The number of aromatic amines is 1. The lowest BCUT2D eigenvalue weighted by Gasteiger charge is -2.18. The standard InChI is InChI=1S/C15H16N2O7/c18-11(12(19)15(23)24)13(20)17-10(14(21)22)5-7-6-16-9-4-2-1-3-8(7)9/h1-4,6,10-12,16,18-19H,5H2,(H,17,20)(H,21,22)(H,23,24)/t10-,11-,12-/m0/s1. The van der Waals surface area contributed by atoms with Crippen LogP contribution in [0.1, 0.15) is 5.56 Å². The van der Waals surface area contributed by atoms with E-state index < -0.39 is 36.1 Å². The van der Waals surface area contributed by atoms with Gasteiger partial charge in [-0.05, 0) is 11.6 Å². The van der Waals surface area contributed by atoms with E-state index in [1.165, 1.54) is 0 Å². The van der Waals surface area contributed by atoms with Crippen LogP contribution in [-0.2, 0) is 20.8 Å². The highest BCUT2D eigenvalue weighted by atomic mass is 16.4. The van der Waals surface area contributed by atoms with Gasteiger partial charge in [0.05, 0.1) is 0 Å². The summed E-state index contributed by atoms with van der Waals surface area (Å²) in [7, 11) is 0. The Morgan fingerprint density at radius 3 is 2.33 bits per heavy atom. The first kappa shape index (κ1) is 17.4. The molecular weight excluding hydrogens is 320 g/mol. The molecule has 3 atom stereocenters. The van der Waals surface area contributed by atoms with Crippen molar-refractivity contribution in [1.82, 2.24) is 10.3 Å². The fourth-order valence-electron chi connectivity index (χ4n) is 2.26. The van der Waals surface area contributed by atoms with Gasteiger partial charge < -0.3 is 30.7 Å². The van der Waals surface area contributed by atoms with Crippen molar-refractivity contribution in [3.63, 3.8) is 0 Å². The van der Waals surface area contributed by atoms with Crippen molar-refractivity contribution in [2.45, 2.75) is 24.7 Å². The second-order valence-corrected chi connectivity index (χ2v) is 5.19. The molecular formula is C15H16N2O7. The quantitative estimate of drug-likeness (QED) is 0.381. The zero-order chi connectivity index (χ0) is 17.9. The summed E-state index contributed by atoms with van der Waals surface area (Å²) in [5.74, 6) is -4.43. The summed E-state index contributed by atoms with van der Waals surface area (Å²) in [4.78, 5) is 36.6. The van der Waals surface area contributed by atoms with E-state index >= 15 is 0 Å². The molecule has 9 nitrogen and oxygen atoms in total. The number of carboxylic acid groups (broad SMARTS) is 2. The highest BCUT2D eigenvalue weighted by Crippen LogP contribution is 2.19. The van der Waals surface area contributed by atoms with Crippen molar-refractivity contribution < 1.29 is 34.8 Å². The second kappa shape index (κ2) is 7.11. The van der Waals surface area contributed by atoms with Crippen molar-refractivity contribution in [2.24, 2.45) is 0 Å². The van der Waals surface area contributed by atoms with Crippen molar-refractivity contribution in [3.05, 3.63) is 36.0 Å². The lowest BCUT2D eigenvalue weighted by atomic mass is 10.0. The number of amides is 1. The number of carboxylic acids is 2. The van der Waals surface area contributed by atoms with E-state index in [2.05, 4.69) is 4.98 Å². The van der Waals surface area contributed by atoms with Gasteiger partial charge in [-0.3, -0.25) is 4.79 Å². The summed E-state index contributed by atoms with van der Waals surface area (Å²) >= 11 is 0. The number of hydrogen-bond donors (Lipinski definition) is 6. The molecule has 0 radical (unpaired) electrons. The van der Waals surface area contributed by atoms with Crippen LogP contribution in [0.15, 0.2) is 30.5 Å². The van der Waals surface area contributed by atoms with Gasteiger partial charge in [-0.1, -0.05) is 18.2 Å². The van der Waals surface area contributed by atoms with Gasteiger partial charge in [0, 0.05) is 23.5 Å². The van der Waals surface area contributed by atoms with Gasteiger partial charge in [0.15, 0.2) is 12.2 Å². The number of fused-ring (bicyclic) bond motifs is 1. The molecule has 1 heterocycles. The number of aliphatic hydroxyl groups is 2. The normalized spacial score (nSPS) is 14.8. The zero-order valence-corrected chi connectivity index (χ0v) is 12.3. The number of aliphatic hydroxyl groups excluding tert-OH is 2. The predicted molar refractivity (Wildman–Crippen MR) is 81.2 cm³/mol. The Labute approximate surface area is 135 Å². The van der Waals surface area contributed by atoms with Gasteiger partial charge in [-0.2, -0.15) is 0 Å². The maximum absolute atomic E-state index is 11.7. The van der Waals surface area contributed by atoms with Crippen LogP contribution >= 0.6 is 0 Å². The number of para-hydroxylation sites is 1. The number of hydrogen-bond acceptors (Lipinski definition) is 5. The molecule has 0 saturated heterocycles. The Morgan fingerprint density at radius 1 is 1.04 bits per heavy atom. The summed E-state index contributed by atoms with van der Waals surface area (Å²) in [6, 6.07) is 5.78. The first-order valence-electron chi connectivity index (χ1n) is 6.98. The molecule has 6 N–H and O–H groups in total. The third-order valence-corrected chi connectivity index (χ3v) is 3.53. The largest absolute Gasteiger partial charge is 0.480 e. The fourth-order valence-corrected chi connectivity index (χ4v) is 2.26. The van der Waals surface area contributed by atoms with Gasteiger partial charge in [-0.15, -0.1) is 0 Å². The van der Waals surface area contributed by atoms with E-state index in [9.17, 15) is 24.6 Å². The number of carbonyl (C=O) groups is 3. The molecule has 0 unspecified atom stereocenters. The maximum atomic E-state index is 11.7. The third-order valence-electron chi connectivity index (χ3n) is 3.53. The number of aromatic nitrogens is 1. The molecule has 1 aromatic carbocycles. The Hall–Kier alpha value is -2.91. The third kappa shape index (κ3) is 3.70. The highest BCUT2D eigenvalue weighted by molar-refractivity contribution is 5.91. The first-order chi connectivity index (χ1) is 11.3. The minimum Gasteiger partial charge on any atom is -0.480 e. The number of carbonyl (C=O) groups excluding carboxylic acids is 1. The molecule has 2 aromatic rings. The number of benzene rings is 1. The smallest absolute Gasteiger partial charge is 0.335 e. The zero-order valence-electron chi connectivity index (χ0n) is 12.3. The Bertz CT molecular complexity index is 770. The van der Waals surface area contributed by atoms with Crippen LogP contribution in [0, 0.1) is 0 Å². The molecule has 0 fully saturated rings. The Kier molecular flexibility index (Phi) is 5.17. The van der Waals surface area contributed by atoms with Gasteiger partial charge in [0.1, 0.15) is 6.04 Å². The highest BCUT2D eigenvalue weighted by Gasteiger charge is 2.32. The summed E-state index contributed by atoms with van der Waals surface area (Å²) in [6.45, 7) is 0. The molecule has 2 rings (SSSR count). The summed E-state index contributed by atoms with van der Waals surface area (Å²) < 4.78 is 0. The molecule has 0 spiro atoms. The minimum atomic E-state index is -2.34. The molecule has 1 amide bonds. The van der Waals surface area contributed by atoms with Gasteiger partial charge in [0.25, 0.3) is 5.91 Å². The van der Waals surface area contributed by atoms with E-state index in [0.29, 0.717) is 5.56 Å². The van der Waals surface area contributed by atoms with E-state index in [-0.39, 0.29) is 6.42 Å². The minimum absolute atomic E-state index is 0.0824. The SMILES string of the molecule is O=C(O)[C@H](Cc1c[nH]c2ccccc12)NC(=O)[C@@H](O)[C@H](O)C(=O)O. The number of nitrogens with one attached hydrogen (secondary N) is 2. The van der Waals surface area contributed by atoms with Crippen molar-refractivity contribution >= 4 is 28.7 Å². The van der Waals surface area contributed by atoms with Crippen LogP contribution in [0.25, 0.3) is 10.9 Å². The molecule has 0 aliphatic carbocycles. The lowest BCUT2D eigenvalue weighted by molar-refractivity contribution is -0.158. The first-order valence-corrected chi connectivity index (χ1v) is 6.98. The second-order valence-electron chi connectivity index (χ2n) is 5.19. The fraction of sp³-hybridized carbons (Fsp3) is 0.267. The average molecular weight is 336 g/mol. The van der Waals surface area contributed by atoms with E-state index in [1.54, 1.807) is 24.4 Å². The topological polar surface area (TPSA) is 160 Å². The molecule has 24 heavy (non-hydrogen) atoms. The van der Waals surface area contributed by atoms with Gasteiger partial charge >= 0.3 is 11.9 Å². The lowest BCUT2D eigenvalue weighted by Crippen LogP contribution is -2.51. The average Bonchev–Trinajstić information content (AvgIpc) is 2.95. The summed E-state index contributed by atoms with van der Waals surface area (Å²) in [5.41, 5.74) is 1.43. The molecule has 0 aliphatic heterocycles. The number of H-pyrrole nitrogens is 1.